The van der Waals surface area contributed by atoms with Crippen LogP contribution in [0.2, 0.25) is 0 Å². The second kappa shape index (κ2) is 14.1. The Morgan fingerprint density at radius 1 is 0.778 bits per heavy atom. The van der Waals surface area contributed by atoms with E-state index in [0.717, 1.165) is 49.0 Å². The van der Waals surface area contributed by atoms with Crippen LogP contribution in [0.1, 0.15) is 80.1 Å². The van der Waals surface area contributed by atoms with E-state index in [2.05, 4.69) is 10.8 Å². The first-order valence-electron chi connectivity index (χ1n) is 12.9. The third kappa shape index (κ3) is 12.3. The zero-order valence-corrected chi connectivity index (χ0v) is 22.8. The van der Waals surface area contributed by atoms with Crippen LogP contribution in [-0.4, -0.2) is 35.6 Å². The van der Waals surface area contributed by atoms with Gasteiger partial charge in [-0.15, -0.1) is 0 Å². The third-order valence-corrected chi connectivity index (χ3v) is 5.06. The molecular weight excluding hydrogens is 456 g/mol. The Morgan fingerprint density at radius 2 is 1.39 bits per heavy atom. The van der Waals surface area contributed by atoms with Gasteiger partial charge < -0.3 is 14.6 Å². The smallest absolute Gasteiger partial charge is 0.412 e. The molecule has 7 nitrogen and oxygen atoms in total. The molecule has 0 spiro atoms. The molecule has 36 heavy (non-hydrogen) atoms. The van der Waals surface area contributed by atoms with Crippen molar-refractivity contribution in [1.82, 2.24) is 0 Å². The largest absolute Gasteiger partial charge is 0.494 e. The van der Waals surface area contributed by atoms with Gasteiger partial charge >= 0.3 is 6.09 Å². The zero-order valence-electron chi connectivity index (χ0n) is 22.8. The molecule has 1 amide bonds. The Hall–Kier alpha value is -2.77. The van der Waals surface area contributed by atoms with Gasteiger partial charge in [0.1, 0.15) is 11.4 Å². The molecule has 0 bridgehead atoms. The third-order valence-electron chi connectivity index (χ3n) is 5.06. The van der Waals surface area contributed by atoms with E-state index in [9.17, 15) is 4.79 Å². The minimum Gasteiger partial charge on any atom is -0.494 e. The van der Waals surface area contributed by atoms with Gasteiger partial charge in [0.05, 0.1) is 17.9 Å². The molecule has 0 atom stereocenters. The number of carbonyl (C=O) groups is 1. The van der Waals surface area contributed by atoms with Crippen LogP contribution >= 0.6 is 0 Å². The molecule has 0 fully saturated rings. The number of hydrogen-bond donors (Lipinski definition) is 3. The molecule has 0 saturated heterocycles. The lowest BCUT2D eigenvalue weighted by atomic mass is 10.0. The van der Waals surface area contributed by atoms with Crippen molar-refractivity contribution >= 4 is 17.5 Å². The number of rotatable bonds is 13. The summed E-state index contributed by atoms with van der Waals surface area (Å²) in [6, 6.07) is 13.6. The lowest BCUT2D eigenvalue weighted by Crippen LogP contribution is -2.27. The number of carbonyl (C=O) groups excluding carboxylic acids is 1. The van der Waals surface area contributed by atoms with E-state index < -0.39 is 11.7 Å². The molecule has 7 heteroatoms. The van der Waals surface area contributed by atoms with Crippen molar-refractivity contribution in [1.29, 1.82) is 0 Å². The van der Waals surface area contributed by atoms with Crippen LogP contribution in [0.15, 0.2) is 42.5 Å². The Morgan fingerprint density at radius 3 is 2.00 bits per heavy atom. The van der Waals surface area contributed by atoms with Crippen LogP contribution in [0, 0.1) is 0 Å². The molecule has 0 aliphatic carbocycles. The van der Waals surface area contributed by atoms with Crippen LogP contribution in [0.25, 0.3) is 11.1 Å². The second-order valence-corrected chi connectivity index (χ2v) is 11.0. The number of aliphatic hydroxyl groups excluding tert-OH is 1. The number of amides is 1. The molecular formula is C29H44N2O5. The fourth-order valence-electron chi connectivity index (χ4n) is 3.41. The quantitative estimate of drug-likeness (QED) is 0.194. The maximum absolute atomic E-state index is 12.4. The van der Waals surface area contributed by atoms with Gasteiger partial charge in [-0.25, -0.2) is 4.79 Å². The summed E-state index contributed by atoms with van der Waals surface area (Å²) < 4.78 is 11.3. The molecule has 2 aromatic carbocycles. The van der Waals surface area contributed by atoms with Gasteiger partial charge in [0, 0.05) is 12.3 Å². The lowest BCUT2D eigenvalue weighted by Gasteiger charge is -2.22. The van der Waals surface area contributed by atoms with E-state index in [1.165, 1.54) is 6.42 Å². The van der Waals surface area contributed by atoms with Gasteiger partial charge in [0.2, 0.25) is 0 Å². The number of benzene rings is 2. The van der Waals surface area contributed by atoms with Crippen LogP contribution < -0.4 is 15.5 Å². The topological polar surface area (TPSA) is 89.1 Å². The Kier molecular flexibility index (Phi) is 11.5. The summed E-state index contributed by atoms with van der Waals surface area (Å²) in [6.45, 7) is 12.3. The fourth-order valence-corrected chi connectivity index (χ4v) is 3.41. The second-order valence-electron chi connectivity index (χ2n) is 11.0. The van der Waals surface area contributed by atoms with Crippen LogP contribution in [0.3, 0.4) is 0 Å². The van der Waals surface area contributed by atoms with E-state index in [-0.39, 0.29) is 12.2 Å². The van der Waals surface area contributed by atoms with E-state index in [1.807, 2.05) is 77.9 Å². The average Bonchev–Trinajstić information content (AvgIpc) is 2.78. The number of hydrogen-bond acceptors (Lipinski definition) is 6. The number of nitrogens with one attached hydrogen (secondary N) is 2. The fraction of sp³-hybridized carbons (Fsp3) is 0.552. The Bertz CT molecular complexity index is 930. The van der Waals surface area contributed by atoms with E-state index >= 15 is 0 Å². The molecule has 0 radical (unpaired) electrons. The number of unbranched alkanes of at least 4 members (excludes halogenated alkanes) is 5. The van der Waals surface area contributed by atoms with Gasteiger partial charge in [-0.2, -0.15) is 0 Å². The molecule has 0 unspecified atom stereocenters. The first kappa shape index (κ1) is 29.5. The molecule has 2 aromatic rings. The lowest BCUT2D eigenvalue weighted by molar-refractivity contribution is 0.0375. The average molecular weight is 501 g/mol. The molecule has 0 saturated carbocycles. The predicted molar refractivity (Wildman–Crippen MR) is 146 cm³/mol. The van der Waals surface area contributed by atoms with Crippen molar-refractivity contribution in [3.05, 3.63) is 42.5 Å². The van der Waals surface area contributed by atoms with Gasteiger partial charge in [-0.1, -0.05) is 37.8 Å². The highest BCUT2D eigenvalue weighted by Crippen LogP contribution is 2.30. The first-order valence-corrected chi connectivity index (χ1v) is 12.9. The summed E-state index contributed by atoms with van der Waals surface area (Å²) in [5.74, 6) is 0.830. The highest BCUT2D eigenvalue weighted by Gasteiger charge is 2.17. The van der Waals surface area contributed by atoms with E-state index in [0.29, 0.717) is 18.0 Å². The zero-order chi connectivity index (χ0) is 26.6. The summed E-state index contributed by atoms with van der Waals surface area (Å²) in [7, 11) is 0. The van der Waals surface area contributed by atoms with Gasteiger partial charge in [-0.05, 0) is 95.8 Å². The monoisotopic (exact) mass is 500 g/mol. The van der Waals surface area contributed by atoms with Crippen molar-refractivity contribution in [2.24, 2.45) is 0 Å². The summed E-state index contributed by atoms with van der Waals surface area (Å²) >= 11 is 0. The Labute approximate surface area is 216 Å². The predicted octanol–water partition coefficient (Wildman–Crippen LogP) is 7.55. The summed E-state index contributed by atoms with van der Waals surface area (Å²) in [5, 5.41) is 11.6. The Balaban J connectivity index is 2.05. The van der Waals surface area contributed by atoms with Crippen LogP contribution in [-0.2, 0) is 9.57 Å². The van der Waals surface area contributed by atoms with Gasteiger partial charge in [-0.3, -0.25) is 15.6 Å². The molecule has 0 aliphatic heterocycles. The molecule has 0 aromatic heterocycles. The molecule has 3 N–H and O–H groups in total. The van der Waals surface area contributed by atoms with Crippen LogP contribution in [0.5, 0.6) is 5.75 Å². The molecule has 0 heterocycles. The minimum absolute atomic E-state index is 0.284. The van der Waals surface area contributed by atoms with Crippen molar-refractivity contribution in [3.63, 3.8) is 0 Å². The maximum atomic E-state index is 12.4. The van der Waals surface area contributed by atoms with Crippen molar-refractivity contribution in [3.8, 4) is 16.9 Å². The van der Waals surface area contributed by atoms with Crippen molar-refractivity contribution < 1.29 is 24.2 Å². The SMILES string of the molecule is CC(C)(C)ONc1cc(NC(=O)OC(C)(C)C)cc(-c2ccc(OCCCCCCCCO)cc2)c1. The van der Waals surface area contributed by atoms with Crippen molar-refractivity contribution in [2.75, 3.05) is 24.0 Å². The normalized spacial score (nSPS) is 11.8. The highest BCUT2D eigenvalue weighted by atomic mass is 16.7. The molecule has 0 aliphatic rings. The number of aliphatic hydroxyl groups is 1. The summed E-state index contributed by atoms with van der Waals surface area (Å²) in [5.41, 5.74) is 5.24. The van der Waals surface area contributed by atoms with Crippen LogP contribution in [0.4, 0.5) is 16.2 Å². The maximum Gasteiger partial charge on any atom is 0.412 e. The van der Waals surface area contributed by atoms with Gasteiger partial charge in [0.15, 0.2) is 0 Å². The first-order chi connectivity index (χ1) is 16.9. The summed E-state index contributed by atoms with van der Waals surface area (Å²) in [4.78, 5) is 18.1. The minimum atomic E-state index is -0.589. The summed E-state index contributed by atoms with van der Waals surface area (Å²) in [6.07, 6.45) is 5.95. The molecule has 2 rings (SSSR count). The van der Waals surface area contributed by atoms with Crippen molar-refractivity contribution in [2.45, 2.75) is 91.3 Å². The van der Waals surface area contributed by atoms with Gasteiger partial charge in [0.25, 0.3) is 0 Å². The molecule has 200 valence electrons. The number of anilines is 2. The highest BCUT2D eigenvalue weighted by molar-refractivity contribution is 5.87. The number of ether oxygens (including phenoxy) is 2. The standard InChI is InChI=1S/C29H44N2O5/c1-28(2,3)35-27(33)30-24-19-23(20-25(21-24)31-36-29(4,5)6)22-13-15-26(16-14-22)34-18-12-10-8-7-9-11-17-32/h13-16,19-21,31-32H,7-12,17-18H2,1-6H3,(H,30,33). The van der Waals surface area contributed by atoms with E-state index in [1.54, 1.807) is 6.07 Å². The van der Waals surface area contributed by atoms with E-state index in [4.69, 9.17) is 19.4 Å².